The number of esters is 1. The van der Waals surface area contributed by atoms with Crippen LogP contribution in [0.3, 0.4) is 0 Å². The lowest BCUT2D eigenvalue weighted by Gasteiger charge is -2.36. The van der Waals surface area contributed by atoms with Crippen molar-refractivity contribution in [2.75, 3.05) is 39.3 Å². The number of rotatable bonds is 7. The maximum atomic E-state index is 13.3. The van der Waals surface area contributed by atoms with Gasteiger partial charge in [0, 0.05) is 38.4 Å². The molecule has 0 spiro atoms. The number of piperazine rings is 1. The van der Waals surface area contributed by atoms with Crippen LogP contribution in [0.15, 0.2) is 34.4 Å². The van der Waals surface area contributed by atoms with Crippen LogP contribution < -0.4 is 10.6 Å². The number of carbonyl (C=O) groups is 2. The molecule has 3 aliphatic rings. The molecule has 1 aromatic carbocycles. The van der Waals surface area contributed by atoms with E-state index in [4.69, 9.17) is 4.74 Å². The molecule has 1 atom stereocenters. The molecule has 2 amide bonds. The Labute approximate surface area is 201 Å². The quantitative estimate of drug-likeness (QED) is 0.564. The lowest BCUT2D eigenvalue weighted by atomic mass is 9.92. The highest BCUT2D eigenvalue weighted by Gasteiger charge is 2.34. The number of nitrogens with one attached hydrogen (secondary N) is 2. The molecule has 1 aliphatic carbocycles. The van der Waals surface area contributed by atoms with E-state index in [0.717, 1.165) is 31.2 Å². The van der Waals surface area contributed by atoms with Gasteiger partial charge >= 0.3 is 12.0 Å². The average molecular weight is 491 g/mol. The Morgan fingerprint density at radius 2 is 1.79 bits per heavy atom. The van der Waals surface area contributed by atoms with E-state index in [0.29, 0.717) is 55.3 Å². The van der Waals surface area contributed by atoms with E-state index < -0.39 is 22.0 Å². The fraction of sp³-hybridized carbons (Fsp3) is 0.583. The van der Waals surface area contributed by atoms with Crippen LogP contribution in [-0.4, -0.2) is 75.0 Å². The topological polar surface area (TPSA) is 108 Å². The number of sulfonamides is 1. The Morgan fingerprint density at radius 3 is 2.47 bits per heavy atom. The summed E-state index contributed by atoms with van der Waals surface area (Å²) in [4.78, 5) is 27.2. The van der Waals surface area contributed by atoms with Gasteiger partial charge in [-0.1, -0.05) is 13.0 Å². The number of fused-ring (bicyclic) bond motifs is 1. The van der Waals surface area contributed by atoms with Crippen LogP contribution in [0.5, 0.6) is 0 Å². The van der Waals surface area contributed by atoms with E-state index in [9.17, 15) is 18.0 Å². The highest BCUT2D eigenvalue weighted by atomic mass is 32.2. The molecule has 1 unspecified atom stereocenters. The van der Waals surface area contributed by atoms with Crippen LogP contribution >= 0.6 is 0 Å². The molecule has 2 aliphatic heterocycles. The molecule has 186 valence electrons. The highest BCUT2D eigenvalue weighted by Crippen LogP contribution is 2.26. The summed E-state index contributed by atoms with van der Waals surface area (Å²) >= 11 is 0. The Morgan fingerprint density at radius 1 is 1.09 bits per heavy atom. The molecule has 9 nitrogen and oxygen atoms in total. The minimum absolute atomic E-state index is 0.249. The molecule has 0 bridgehead atoms. The predicted molar refractivity (Wildman–Crippen MR) is 128 cm³/mol. The molecular weight excluding hydrogens is 456 g/mol. The van der Waals surface area contributed by atoms with Crippen molar-refractivity contribution in [2.24, 2.45) is 0 Å². The third-order valence-electron chi connectivity index (χ3n) is 6.82. The zero-order valence-electron chi connectivity index (χ0n) is 19.9. The van der Waals surface area contributed by atoms with Gasteiger partial charge in [-0.25, -0.2) is 18.0 Å². The Balaban J connectivity index is 1.45. The molecule has 1 aromatic rings. The van der Waals surface area contributed by atoms with Gasteiger partial charge in [0.15, 0.2) is 0 Å². The molecule has 34 heavy (non-hydrogen) atoms. The van der Waals surface area contributed by atoms with Crippen molar-refractivity contribution in [3.63, 3.8) is 0 Å². The number of hydrogen-bond donors (Lipinski definition) is 2. The highest BCUT2D eigenvalue weighted by molar-refractivity contribution is 7.89. The summed E-state index contributed by atoms with van der Waals surface area (Å²) in [6.07, 6.45) is 4.78. The normalized spacial score (nSPS) is 22.1. The van der Waals surface area contributed by atoms with Crippen LogP contribution in [-0.2, 0) is 32.4 Å². The van der Waals surface area contributed by atoms with Crippen molar-refractivity contribution >= 4 is 22.0 Å². The fourth-order valence-electron chi connectivity index (χ4n) is 4.96. The van der Waals surface area contributed by atoms with Gasteiger partial charge in [-0.3, -0.25) is 4.90 Å². The lowest BCUT2D eigenvalue weighted by molar-refractivity contribution is -0.139. The SMILES string of the molecule is CCOC(=O)C1=C(CN2CCN(S(=O)(=O)c3ccc4c(c3)CCCC4)CC2)NC(=O)NC1CC. The first-order valence-corrected chi connectivity index (χ1v) is 13.6. The third-order valence-corrected chi connectivity index (χ3v) is 8.71. The molecule has 1 saturated heterocycles. The van der Waals surface area contributed by atoms with Crippen LogP contribution in [0.25, 0.3) is 0 Å². The fourth-order valence-corrected chi connectivity index (χ4v) is 6.43. The number of nitrogens with zero attached hydrogens (tertiary/aromatic N) is 2. The van der Waals surface area contributed by atoms with Crippen molar-refractivity contribution in [3.05, 3.63) is 40.6 Å². The van der Waals surface area contributed by atoms with Crippen molar-refractivity contribution in [1.82, 2.24) is 19.8 Å². The summed E-state index contributed by atoms with van der Waals surface area (Å²) in [6, 6.07) is 4.79. The van der Waals surface area contributed by atoms with Crippen molar-refractivity contribution in [2.45, 2.75) is 56.9 Å². The molecule has 1 fully saturated rings. The molecule has 10 heteroatoms. The largest absolute Gasteiger partial charge is 0.463 e. The van der Waals surface area contributed by atoms with Gasteiger partial charge in [0.2, 0.25) is 10.0 Å². The van der Waals surface area contributed by atoms with E-state index in [-0.39, 0.29) is 12.6 Å². The number of hydrogen-bond acceptors (Lipinski definition) is 6. The second-order valence-corrected chi connectivity index (χ2v) is 10.9. The Kier molecular flexibility index (Phi) is 7.59. The van der Waals surface area contributed by atoms with E-state index in [2.05, 4.69) is 15.5 Å². The number of urea groups is 1. The van der Waals surface area contributed by atoms with Crippen LogP contribution in [0.1, 0.15) is 44.2 Å². The molecule has 0 aromatic heterocycles. The molecule has 4 rings (SSSR count). The van der Waals surface area contributed by atoms with Gasteiger partial charge in [-0.2, -0.15) is 4.31 Å². The summed E-state index contributed by atoms with van der Waals surface area (Å²) in [5.74, 6) is -0.439. The zero-order valence-corrected chi connectivity index (χ0v) is 20.7. The smallest absolute Gasteiger partial charge is 0.337 e. The van der Waals surface area contributed by atoms with E-state index in [1.807, 2.05) is 19.1 Å². The zero-order chi connectivity index (χ0) is 24.3. The molecule has 2 N–H and O–H groups in total. The molecule has 2 heterocycles. The van der Waals surface area contributed by atoms with E-state index >= 15 is 0 Å². The van der Waals surface area contributed by atoms with Crippen LogP contribution in [0, 0.1) is 0 Å². The second kappa shape index (κ2) is 10.5. The van der Waals surface area contributed by atoms with Crippen LogP contribution in [0.4, 0.5) is 4.79 Å². The molecule has 0 saturated carbocycles. The first kappa shape index (κ1) is 24.7. The maximum Gasteiger partial charge on any atom is 0.337 e. The predicted octanol–water partition coefficient (Wildman–Crippen LogP) is 1.78. The van der Waals surface area contributed by atoms with E-state index in [1.165, 1.54) is 9.87 Å². The van der Waals surface area contributed by atoms with Gasteiger partial charge in [-0.15, -0.1) is 0 Å². The van der Waals surface area contributed by atoms with Crippen LogP contribution in [0.2, 0.25) is 0 Å². The van der Waals surface area contributed by atoms with Crippen molar-refractivity contribution < 1.29 is 22.7 Å². The van der Waals surface area contributed by atoms with Gasteiger partial charge in [-0.05, 0) is 62.3 Å². The minimum Gasteiger partial charge on any atom is -0.463 e. The molecular formula is C24H34N4O5S. The lowest BCUT2D eigenvalue weighted by Crippen LogP contribution is -2.54. The number of amides is 2. The Bertz CT molecular complexity index is 1080. The summed E-state index contributed by atoms with van der Waals surface area (Å²) in [5.41, 5.74) is 3.37. The second-order valence-electron chi connectivity index (χ2n) is 8.99. The van der Waals surface area contributed by atoms with Gasteiger partial charge < -0.3 is 15.4 Å². The number of aryl methyl sites for hydroxylation is 2. The maximum absolute atomic E-state index is 13.3. The first-order valence-electron chi connectivity index (χ1n) is 12.2. The van der Waals surface area contributed by atoms with Gasteiger partial charge in [0.1, 0.15) is 0 Å². The Hall–Kier alpha value is -2.43. The summed E-state index contributed by atoms with van der Waals surface area (Å²) in [5, 5.41) is 5.54. The summed E-state index contributed by atoms with van der Waals surface area (Å²) in [7, 11) is -3.56. The van der Waals surface area contributed by atoms with Crippen molar-refractivity contribution in [3.8, 4) is 0 Å². The standard InChI is InChI=1S/C24H34N4O5S/c1-3-20-22(23(29)33-4-2)21(26-24(30)25-20)16-27-11-13-28(14-12-27)34(31,32)19-10-9-17-7-5-6-8-18(17)15-19/h9-10,15,20H,3-8,11-14,16H2,1-2H3,(H2,25,26,30). The van der Waals surface area contributed by atoms with Gasteiger partial charge in [0.25, 0.3) is 0 Å². The average Bonchev–Trinajstić information content (AvgIpc) is 2.83. The minimum atomic E-state index is -3.56. The summed E-state index contributed by atoms with van der Waals surface area (Å²) < 4.78 is 33.3. The molecule has 0 radical (unpaired) electrons. The first-order chi connectivity index (χ1) is 16.3. The third kappa shape index (κ3) is 5.13. The van der Waals surface area contributed by atoms with Crippen molar-refractivity contribution in [1.29, 1.82) is 0 Å². The number of carbonyl (C=O) groups excluding carboxylic acids is 2. The number of benzene rings is 1. The summed E-state index contributed by atoms with van der Waals surface area (Å²) in [6.45, 7) is 5.96. The van der Waals surface area contributed by atoms with E-state index in [1.54, 1.807) is 13.0 Å². The van der Waals surface area contributed by atoms with Gasteiger partial charge in [0.05, 0.1) is 23.1 Å². The monoisotopic (exact) mass is 490 g/mol. The number of ether oxygens (including phenoxy) is 1.